The SMILES string of the molecule is CCCCOC(=O)c1cccc(C(=O)OCCCCCCCC(C)C)c1. The van der Waals surface area contributed by atoms with Gasteiger partial charge in [-0.15, -0.1) is 0 Å². The molecule has 0 fully saturated rings. The average molecular weight is 363 g/mol. The van der Waals surface area contributed by atoms with Crippen molar-refractivity contribution in [3.05, 3.63) is 35.4 Å². The van der Waals surface area contributed by atoms with Crippen LogP contribution in [0.5, 0.6) is 0 Å². The summed E-state index contributed by atoms with van der Waals surface area (Å²) in [5.41, 5.74) is 0.785. The van der Waals surface area contributed by atoms with Gasteiger partial charge >= 0.3 is 11.9 Å². The number of ether oxygens (including phenoxy) is 2. The summed E-state index contributed by atoms with van der Waals surface area (Å²) in [4.78, 5) is 24.1. The van der Waals surface area contributed by atoms with Crippen molar-refractivity contribution in [2.45, 2.75) is 72.1 Å². The molecule has 1 aromatic rings. The molecule has 0 bridgehead atoms. The van der Waals surface area contributed by atoms with Crippen molar-refractivity contribution in [1.82, 2.24) is 0 Å². The molecule has 26 heavy (non-hydrogen) atoms. The molecule has 0 saturated heterocycles. The van der Waals surface area contributed by atoms with Gasteiger partial charge < -0.3 is 9.47 Å². The first kappa shape index (κ1) is 22.2. The Morgan fingerprint density at radius 2 is 1.38 bits per heavy atom. The molecule has 0 radical (unpaired) electrons. The maximum absolute atomic E-state index is 12.1. The van der Waals surface area contributed by atoms with E-state index in [1.807, 2.05) is 6.92 Å². The summed E-state index contributed by atoms with van der Waals surface area (Å²) >= 11 is 0. The lowest BCUT2D eigenvalue weighted by atomic mass is 10.0. The summed E-state index contributed by atoms with van der Waals surface area (Å²) in [6.07, 6.45) is 8.76. The quantitative estimate of drug-likeness (QED) is 0.329. The van der Waals surface area contributed by atoms with Gasteiger partial charge in [0.25, 0.3) is 0 Å². The highest BCUT2D eigenvalue weighted by Crippen LogP contribution is 2.12. The predicted octanol–water partition coefficient (Wildman–Crippen LogP) is 5.80. The third kappa shape index (κ3) is 9.59. The highest BCUT2D eigenvalue weighted by Gasteiger charge is 2.12. The summed E-state index contributed by atoms with van der Waals surface area (Å²) < 4.78 is 10.5. The zero-order valence-electron chi connectivity index (χ0n) is 16.6. The van der Waals surface area contributed by atoms with Crippen LogP contribution >= 0.6 is 0 Å². The molecule has 0 atom stereocenters. The Labute approximate surface area is 158 Å². The Kier molecular flexibility index (Phi) is 11.4. The second-order valence-electron chi connectivity index (χ2n) is 7.16. The fraction of sp³-hybridized carbons (Fsp3) is 0.636. The van der Waals surface area contributed by atoms with E-state index in [9.17, 15) is 9.59 Å². The number of carbonyl (C=O) groups excluding carboxylic acids is 2. The van der Waals surface area contributed by atoms with E-state index in [1.54, 1.807) is 24.3 Å². The first-order valence-electron chi connectivity index (χ1n) is 9.99. The second-order valence-corrected chi connectivity index (χ2v) is 7.16. The maximum Gasteiger partial charge on any atom is 0.338 e. The van der Waals surface area contributed by atoms with Gasteiger partial charge in [-0.05, 0) is 37.0 Å². The number of esters is 2. The third-order valence-corrected chi connectivity index (χ3v) is 4.22. The fourth-order valence-corrected chi connectivity index (χ4v) is 2.60. The molecule has 0 amide bonds. The number of hydrogen-bond donors (Lipinski definition) is 0. The molecule has 0 aromatic heterocycles. The first-order valence-corrected chi connectivity index (χ1v) is 9.99. The lowest BCUT2D eigenvalue weighted by Crippen LogP contribution is -2.10. The highest BCUT2D eigenvalue weighted by molar-refractivity contribution is 5.95. The molecule has 1 aromatic carbocycles. The minimum atomic E-state index is -0.394. The van der Waals surface area contributed by atoms with Crippen molar-refractivity contribution in [2.75, 3.05) is 13.2 Å². The lowest BCUT2D eigenvalue weighted by molar-refractivity contribution is 0.0497. The zero-order chi connectivity index (χ0) is 19.2. The van der Waals surface area contributed by atoms with Crippen LogP contribution in [0.15, 0.2) is 24.3 Å². The Morgan fingerprint density at radius 3 is 1.96 bits per heavy atom. The Bertz CT molecular complexity index is 537. The predicted molar refractivity (Wildman–Crippen MR) is 104 cm³/mol. The molecule has 0 unspecified atom stereocenters. The van der Waals surface area contributed by atoms with Crippen LogP contribution in [0.1, 0.15) is 92.9 Å². The monoisotopic (exact) mass is 362 g/mol. The van der Waals surface area contributed by atoms with E-state index in [2.05, 4.69) is 13.8 Å². The van der Waals surface area contributed by atoms with E-state index in [1.165, 1.54) is 25.7 Å². The molecule has 4 heteroatoms. The van der Waals surface area contributed by atoms with Crippen LogP contribution in [0.3, 0.4) is 0 Å². The minimum absolute atomic E-state index is 0.381. The molecule has 0 aliphatic rings. The van der Waals surface area contributed by atoms with Crippen LogP contribution in [0, 0.1) is 5.92 Å². The molecule has 146 valence electrons. The van der Waals surface area contributed by atoms with Gasteiger partial charge in [-0.2, -0.15) is 0 Å². The molecule has 0 aliphatic heterocycles. The summed E-state index contributed by atoms with van der Waals surface area (Å²) in [6.45, 7) is 7.37. The van der Waals surface area contributed by atoms with Crippen LogP contribution in [0.4, 0.5) is 0 Å². The van der Waals surface area contributed by atoms with E-state index >= 15 is 0 Å². The normalized spacial score (nSPS) is 10.8. The molecule has 0 heterocycles. The maximum atomic E-state index is 12.1. The van der Waals surface area contributed by atoms with Crippen LogP contribution in [0.25, 0.3) is 0 Å². The van der Waals surface area contributed by atoms with Crippen LogP contribution in [-0.4, -0.2) is 25.2 Å². The van der Waals surface area contributed by atoms with Gasteiger partial charge in [-0.25, -0.2) is 9.59 Å². The molecule has 4 nitrogen and oxygen atoms in total. The van der Waals surface area contributed by atoms with E-state index < -0.39 is 5.97 Å². The molecule has 1 rings (SSSR count). The van der Waals surface area contributed by atoms with E-state index in [-0.39, 0.29) is 5.97 Å². The van der Waals surface area contributed by atoms with Crippen molar-refractivity contribution in [3.8, 4) is 0 Å². The van der Waals surface area contributed by atoms with Gasteiger partial charge in [-0.3, -0.25) is 0 Å². The van der Waals surface area contributed by atoms with Crippen LogP contribution in [-0.2, 0) is 9.47 Å². The number of rotatable bonds is 13. The molecule has 0 aliphatic carbocycles. The summed E-state index contributed by atoms with van der Waals surface area (Å²) in [5, 5.41) is 0. The van der Waals surface area contributed by atoms with Crippen molar-refractivity contribution < 1.29 is 19.1 Å². The van der Waals surface area contributed by atoms with Crippen LogP contribution < -0.4 is 0 Å². The van der Waals surface area contributed by atoms with E-state index in [4.69, 9.17) is 9.47 Å². The number of benzene rings is 1. The molecule has 0 N–H and O–H groups in total. The topological polar surface area (TPSA) is 52.6 Å². The van der Waals surface area contributed by atoms with Gasteiger partial charge in [0, 0.05) is 0 Å². The summed E-state index contributed by atoms with van der Waals surface area (Å²) in [6, 6.07) is 6.55. The number of unbranched alkanes of at least 4 members (excludes halogenated alkanes) is 5. The molecular weight excluding hydrogens is 328 g/mol. The summed E-state index contributed by atoms with van der Waals surface area (Å²) in [5.74, 6) is -0.00171. The fourth-order valence-electron chi connectivity index (χ4n) is 2.60. The number of carbonyl (C=O) groups is 2. The van der Waals surface area contributed by atoms with Gasteiger partial charge in [0.2, 0.25) is 0 Å². The first-order chi connectivity index (χ1) is 12.5. The molecule has 0 spiro atoms. The van der Waals surface area contributed by atoms with Gasteiger partial charge in [0.15, 0.2) is 0 Å². The number of hydrogen-bond acceptors (Lipinski definition) is 4. The van der Waals surface area contributed by atoms with Gasteiger partial charge in [0.05, 0.1) is 24.3 Å². The standard InChI is InChI=1S/C22H34O4/c1-4-5-15-25-21(23)19-13-11-14-20(17-19)22(24)26-16-10-8-6-7-9-12-18(2)3/h11,13-14,17-18H,4-10,12,15-16H2,1-3H3. The smallest absolute Gasteiger partial charge is 0.338 e. The molecular formula is C22H34O4. The van der Waals surface area contributed by atoms with Gasteiger partial charge in [-0.1, -0.05) is 65.4 Å². The Morgan fingerprint density at radius 1 is 0.846 bits per heavy atom. The minimum Gasteiger partial charge on any atom is -0.462 e. The molecule has 0 saturated carbocycles. The van der Waals surface area contributed by atoms with E-state index in [0.717, 1.165) is 31.6 Å². The third-order valence-electron chi connectivity index (χ3n) is 4.22. The van der Waals surface area contributed by atoms with Gasteiger partial charge in [0.1, 0.15) is 0 Å². The van der Waals surface area contributed by atoms with Crippen LogP contribution in [0.2, 0.25) is 0 Å². The second kappa shape index (κ2) is 13.4. The zero-order valence-corrected chi connectivity index (χ0v) is 16.6. The van der Waals surface area contributed by atoms with Crippen molar-refractivity contribution in [3.63, 3.8) is 0 Å². The van der Waals surface area contributed by atoms with Crippen molar-refractivity contribution in [2.24, 2.45) is 5.92 Å². The Hall–Kier alpha value is -1.84. The van der Waals surface area contributed by atoms with E-state index in [0.29, 0.717) is 24.3 Å². The Balaban J connectivity index is 2.28. The summed E-state index contributed by atoms with van der Waals surface area (Å²) in [7, 11) is 0. The van der Waals surface area contributed by atoms with Crippen molar-refractivity contribution in [1.29, 1.82) is 0 Å². The average Bonchev–Trinajstić information content (AvgIpc) is 2.63. The lowest BCUT2D eigenvalue weighted by Gasteiger charge is -2.07. The highest BCUT2D eigenvalue weighted by atomic mass is 16.5. The van der Waals surface area contributed by atoms with Crippen molar-refractivity contribution >= 4 is 11.9 Å². The largest absolute Gasteiger partial charge is 0.462 e.